The Morgan fingerprint density at radius 1 is 1.30 bits per heavy atom. The first kappa shape index (κ1) is 15.6. The van der Waals surface area contributed by atoms with Gasteiger partial charge in [-0.25, -0.2) is 12.7 Å². The van der Waals surface area contributed by atoms with Crippen molar-refractivity contribution in [2.45, 2.75) is 30.2 Å². The van der Waals surface area contributed by atoms with Crippen LogP contribution in [0, 0.1) is 5.92 Å². The van der Waals surface area contributed by atoms with Crippen LogP contribution in [0.4, 0.5) is 5.69 Å². The zero-order valence-corrected chi connectivity index (χ0v) is 13.4. The van der Waals surface area contributed by atoms with E-state index in [9.17, 15) is 8.42 Å². The monoisotopic (exact) mass is 316 g/mol. The fraction of sp³-hybridized carbons (Fsp3) is 0.571. The van der Waals surface area contributed by atoms with E-state index in [1.165, 1.54) is 4.31 Å². The number of hydrogen-bond donors (Lipinski definition) is 1. The molecule has 0 aromatic heterocycles. The van der Waals surface area contributed by atoms with E-state index in [1.807, 2.05) is 12.1 Å². The number of halogens is 1. The van der Waals surface area contributed by atoms with Gasteiger partial charge < -0.3 is 5.32 Å². The Morgan fingerprint density at radius 3 is 2.65 bits per heavy atom. The van der Waals surface area contributed by atoms with Crippen LogP contribution in [-0.2, 0) is 10.0 Å². The minimum atomic E-state index is -3.44. The van der Waals surface area contributed by atoms with E-state index in [4.69, 9.17) is 11.6 Å². The average molecular weight is 317 g/mol. The molecule has 0 spiro atoms. The molecule has 112 valence electrons. The Bertz CT molecular complexity index is 560. The lowest BCUT2D eigenvalue weighted by Gasteiger charge is -2.23. The summed E-state index contributed by atoms with van der Waals surface area (Å²) in [6.45, 7) is 0. The lowest BCUT2D eigenvalue weighted by Crippen LogP contribution is -2.28. The number of nitrogens with zero attached hydrogens (tertiary/aromatic N) is 1. The SMILES string of the molecule is CN(C)S(=O)(=O)c1ccccc1NC1CCCC1CCl. The maximum absolute atomic E-state index is 12.3. The van der Waals surface area contributed by atoms with Gasteiger partial charge in [0.2, 0.25) is 10.0 Å². The second kappa shape index (κ2) is 6.33. The third-order valence-electron chi connectivity index (χ3n) is 3.84. The Labute approximate surface area is 126 Å². The molecule has 2 atom stereocenters. The molecule has 1 aliphatic carbocycles. The quantitative estimate of drug-likeness (QED) is 0.850. The molecule has 2 unspecified atom stereocenters. The van der Waals surface area contributed by atoms with Gasteiger partial charge in [0.25, 0.3) is 0 Å². The van der Waals surface area contributed by atoms with Gasteiger partial charge in [-0.05, 0) is 30.9 Å². The topological polar surface area (TPSA) is 49.4 Å². The molecule has 0 amide bonds. The van der Waals surface area contributed by atoms with E-state index >= 15 is 0 Å². The van der Waals surface area contributed by atoms with E-state index in [-0.39, 0.29) is 6.04 Å². The molecule has 2 rings (SSSR count). The molecular formula is C14H21ClN2O2S. The third-order valence-corrected chi connectivity index (χ3v) is 6.11. The summed E-state index contributed by atoms with van der Waals surface area (Å²) in [6.07, 6.45) is 3.27. The highest BCUT2D eigenvalue weighted by Crippen LogP contribution is 2.32. The minimum Gasteiger partial charge on any atom is -0.381 e. The number of hydrogen-bond acceptors (Lipinski definition) is 3. The molecule has 0 bridgehead atoms. The molecule has 4 nitrogen and oxygen atoms in total. The molecule has 1 aliphatic rings. The molecular weight excluding hydrogens is 296 g/mol. The van der Waals surface area contributed by atoms with Crippen LogP contribution in [0.25, 0.3) is 0 Å². The maximum Gasteiger partial charge on any atom is 0.244 e. The molecule has 0 radical (unpaired) electrons. The van der Waals surface area contributed by atoms with Gasteiger partial charge in [-0.1, -0.05) is 18.6 Å². The van der Waals surface area contributed by atoms with E-state index in [0.29, 0.717) is 22.4 Å². The largest absolute Gasteiger partial charge is 0.381 e. The zero-order valence-electron chi connectivity index (χ0n) is 11.8. The molecule has 1 aromatic rings. The fourth-order valence-electron chi connectivity index (χ4n) is 2.62. The van der Waals surface area contributed by atoms with Crippen molar-refractivity contribution >= 4 is 27.3 Å². The second-order valence-corrected chi connectivity index (χ2v) is 7.81. The summed E-state index contributed by atoms with van der Waals surface area (Å²) in [7, 11) is -0.346. The molecule has 0 heterocycles. The normalized spacial score (nSPS) is 23.2. The van der Waals surface area contributed by atoms with E-state index in [0.717, 1.165) is 19.3 Å². The van der Waals surface area contributed by atoms with Crippen LogP contribution in [0.3, 0.4) is 0 Å². The molecule has 1 N–H and O–H groups in total. The molecule has 1 fully saturated rings. The lowest BCUT2D eigenvalue weighted by molar-refractivity contribution is 0.520. The van der Waals surface area contributed by atoms with E-state index in [1.54, 1.807) is 26.2 Å². The predicted octanol–water partition coefficient (Wildman–Crippen LogP) is 2.76. The summed E-state index contributed by atoms with van der Waals surface area (Å²) in [6, 6.07) is 7.31. The summed E-state index contributed by atoms with van der Waals surface area (Å²) in [5.41, 5.74) is 0.670. The van der Waals surface area contributed by atoms with Crippen molar-refractivity contribution in [1.29, 1.82) is 0 Å². The van der Waals surface area contributed by atoms with Gasteiger partial charge in [0, 0.05) is 26.0 Å². The van der Waals surface area contributed by atoms with E-state index in [2.05, 4.69) is 5.32 Å². The van der Waals surface area contributed by atoms with Crippen LogP contribution in [0.2, 0.25) is 0 Å². The molecule has 20 heavy (non-hydrogen) atoms. The lowest BCUT2D eigenvalue weighted by atomic mass is 10.1. The Hall–Kier alpha value is -0.780. The summed E-state index contributed by atoms with van der Waals surface area (Å²) in [5, 5.41) is 3.38. The number of nitrogens with one attached hydrogen (secondary N) is 1. The van der Waals surface area contributed by atoms with Crippen molar-refractivity contribution in [2.75, 3.05) is 25.3 Å². The van der Waals surface area contributed by atoms with Crippen molar-refractivity contribution < 1.29 is 8.42 Å². The van der Waals surface area contributed by atoms with Gasteiger partial charge in [-0.15, -0.1) is 11.6 Å². The fourth-order valence-corrected chi connectivity index (χ4v) is 4.04. The summed E-state index contributed by atoms with van der Waals surface area (Å²) >= 11 is 5.98. The minimum absolute atomic E-state index is 0.256. The first-order chi connectivity index (χ1) is 9.46. The first-order valence-electron chi connectivity index (χ1n) is 6.81. The molecule has 0 aliphatic heterocycles. The zero-order chi connectivity index (χ0) is 14.8. The van der Waals surface area contributed by atoms with Gasteiger partial charge in [0.1, 0.15) is 4.90 Å². The average Bonchev–Trinajstić information content (AvgIpc) is 2.86. The number of sulfonamides is 1. The Morgan fingerprint density at radius 2 is 2.00 bits per heavy atom. The predicted molar refractivity (Wildman–Crippen MR) is 82.8 cm³/mol. The molecule has 1 saturated carbocycles. The number of anilines is 1. The van der Waals surface area contributed by atoms with Gasteiger partial charge in [0.05, 0.1) is 5.69 Å². The number of alkyl halides is 1. The highest BCUT2D eigenvalue weighted by Gasteiger charge is 2.28. The molecule has 1 aromatic carbocycles. The second-order valence-electron chi connectivity index (χ2n) is 5.38. The van der Waals surface area contributed by atoms with Crippen molar-refractivity contribution in [3.63, 3.8) is 0 Å². The van der Waals surface area contributed by atoms with Crippen LogP contribution >= 0.6 is 11.6 Å². The summed E-state index contributed by atoms with van der Waals surface area (Å²) in [5.74, 6) is 1.02. The van der Waals surface area contributed by atoms with E-state index < -0.39 is 10.0 Å². The highest BCUT2D eigenvalue weighted by molar-refractivity contribution is 7.89. The Kier molecular flexibility index (Phi) is 4.94. The van der Waals surface area contributed by atoms with Crippen LogP contribution in [0.5, 0.6) is 0 Å². The van der Waals surface area contributed by atoms with Gasteiger partial charge in [0.15, 0.2) is 0 Å². The number of para-hydroxylation sites is 1. The van der Waals surface area contributed by atoms with Crippen LogP contribution in [0.1, 0.15) is 19.3 Å². The number of benzene rings is 1. The highest BCUT2D eigenvalue weighted by atomic mass is 35.5. The third kappa shape index (κ3) is 3.10. The molecule has 6 heteroatoms. The van der Waals surface area contributed by atoms with Crippen molar-refractivity contribution in [2.24, 2.45) is 5.92 Å². The van der Waals surface area contributed by atoms with Crippen molar-refractivity contribution in [3.8, 4) is 0 Å². The van der Waals surface area contributed by atoms with Gasteiger partial charge >= 0.3 is 0 Å². The first-order valence-corrected chi connectivity index (χ1v) is 8.78. The molecule has 0 saturated heterocycles. The van der Waals surface area contributed by atoms with Crippen molar-refractivity contribution in [3.05, 3.63) is 24.3 Å². The standard InChI is InChI=1S/C14H21ClN2O2S/c1-17(2)20(18,19)14-9-4-3-7-13(14)16-12-8-5-6-11(12)10-15/h3-4,7,9,11-12,16H,5-6,8,10H2,1-2H3. The van der Waals surface area contributed by atoms with Gasteiger partial charge in [-0.3, -0.25) is 0 Å². The van der Waals surface area contributed by atoms with Crippen molar-refractivity contribution in [1.82, 2.24) is 4.31 Å². The van der Waals surface area contributed by atoms with Gasteiger partial charge in [-0.2, -0.15) is 0 Å². The maximum atomic E-state index is 12.3. The number of rotatable bonds is 5. The van der Waals surface area contributed by atoms with Crippen LogP contribution in [-0.4, -0.2) is 38.7 Å². The van der Waals surface area contributed by atoms with Crippen LogP contribution in [0.15, 0.2) is 29.2 Å². The Balaban J connectivity index is 2.29. The summed E-state index contributed by atoms with van der Waals surface area (Å²) < 4.78 is 25.9. The smallest absolute Gasteiger partial charge is 0.244 e. The summed E-state index contributed by atoms with van der Waals surface area (Å²) in [4.78, 5) is 0.324. The van der Waals surface area contributed by atoms with Crippen LogP contribution < -0.4 is 5.32 Å².